The number of hydrogen-bond acceptors (Lipinski definition) is 5. The highest BCUT2D eigenvalue weighted by molar-refractivity contribution is 14.1. The maximum Gasteiger partial charge on any atom is 0.458 e. The first-order valence-electron chi connectivity index (χ1n) is 11.6. The molecule has 2 N–H and O–H groups in total. The van der Waals surface area contributed by atoms with Gasteiger partial charge in [0.15, 0.2) is 11.5 Å². The molecule has 0 radical (unpaired) electrons. The molecule has 1 aliphatic heterocycles. The SMILES string of the molecule is C=C(COc1ccccc1)C1=CCB(O)OC1CC/C(=C/c1cc(I)c(O)c(OC)c1)CCC. The molecule has 180 valence electrons. The first-order chi connectivity index (χ1) is 16.4. The van der Waals surface area contributed by atoms with Gasteiger partial charge in [-0.2, -0.15) is 0 Å². The number of halogens is 1. The summed E-state index contributed by atoms with van der Waals surface area (Å²) >= 11 is 2.11. The number of hydrogen-bond donors (Lipinski definition) is 2. The molecule has 1 aliphatic rings. The van der Waals surface area contributed by atoms with E-state index in [9.17, 15) is 10.1 Å². The molecule has 0 amide bonds. The van der Waals surface area contributed by atoms with Crippen LogP contribution in [0.15, 0.2) is 71.8 Å². The van der Waals surface area contributed by atoms with Crippen molar-refractivity contribution in [1.29, 1.82) is 0 Å². The molecule has 0 aliphatic carbocycles. The first kappa shape index (κ1) is 26.4. The molecule has 0 fully saturated rings. The number of methoxy groups -OCH3 is 1. The molecule has 1 heterocycles. The summed E-state index contributed by atoms with van der Waals surface area (Å²) in [6.45, 7) is 6.76. The second-order valence-corrected chi connectivity index (χ2v) is 9.49. The van der Waals surface area contributed by atoms with Gasteiger partial charge >= 0.3 is 7.12 Å². The van der Waals surface area contributed by atoms with Crippen LogP contribution < -0.4 is 9.47 Å². The van der Waals surface area contributed by atoms with Crippen LogP contribution in [0.2, 0.25) is 6.32 Å². The summed E-state index contributed by atoms with van der Waals surface area (Å²) < 4.78 is 17.8. The van der Waals surface area contributed by atoms with Crippen molar-refractivity contribution >= 4 is 35.8 Å². The maximum absolute atomic E-state index is 10.1. The van der Waals surface area contributed by atoms with Gasteiger partial charge in [-0.3, -0.25) is 0 Å². The van der Waals surface area contributed by atoms with Gasteiger partial charge in [0.1, 0.15) is 12.4 Å². The Hall–Kier alpha value is -2.23. The molecular weight excluding hydrogens is 542 g/mol. The molecule has 5 nitrogen and oxygen atoms in total. The summed E-state index contributed by atoms with van der Waals surface area (Å²) in [5.41, 5.74) is 4.13. The molecule has 0 aromatic heterocycles. The quantitative estimate of drug-likeness (QED) is 0.240. The Labute approximate surface area is 216 Å². The highest BCUT2D eigenvalue weighted by Crippen LogP contribution is 2.34. The lowest BCUT2D eigenvalue weighted by Crippen LogP contribution is -2.32. The van der Waals surface area contributed by atoms with Crippen LogP contribution in [-0.4, -0.2) is 37.1 Å². The molecular formula is C27H32BIO5. The van der Waals surface area contributed by atoms with Gasteiger partial charge < -0.3 is 24.3 Å². The molecule has 3 rings (SSSR count). The van der Waals surface area contributed by atoms with E-state index in [1.807, 2.05) is 48.5 Å². The fourth-order valence-corrected chi connectivity index (χ4v) is 4.64. The molecule has 2 aromatic carbocycles. The third kappa shape index (κ3) is 7.39. The van der Waals surface area contributed by atoms with E-state index < -0.39 is 7.12 Å². The average Bonchev–Trinajstić information content (AvgIpc) is 2.84. The minimum Gasteiger partial charge on any atom is -0.504 e. The van der Waals surface area contributed by atoms with E-state index in [2.05, 4.69) is 42.2 Å². The van der Waals surface area contributed by atoms with Gasteiger partial charge in [0.05, 0.1) is 16.8 Å². The van der Waals surface area contributed by atoms with E-state index in [1.165, 1.54) is 5.57 Å². The number of rotatable bonds is 11. The Kier molecular flexibility index (Phi) is 10.1. The van der Waals surface area contributed by atoms with Crippen molar-refractivity contribution in [2.75, 3.05) is 13.7 Å². The van der Waals surface area contributed by atoms with Crippen molar-refractivity contribution in [2.45, 2.75) is 45.0 Å². The molecule has 7 heteroatoms. The fraction of sp³-hybridized carbons (Fsp3) is 0.333. The van der Waals surface area contributed by atoms with Gasteiger partial charge in [0.25, 0.3) is 0 Å². The van der Waals surface area contributed by atoms with E-state index in [-0.39, 0.29) is 11.9 Å². The summed E-state index contributed by atoms with van der Waals surface area (Å²) in [4.78, 5) is 0. The van der Waals surface area contributed by atoms with Crippen LogP contribution in [0.5, 0.6) is 17.2 Å². The maximum atomic E-state index is 10.1. The summed E-state index contributed by atoms with van der Waals surface area (Å²) in [7, 11) is 0.748. The van der Waals surface area contributed by atoms with Gasteiger partial charge in [0.2, 0.25) is 0 Å². The third-order valence-electron chi connectivity index (χ3n) is 5.71. The second-order valence-electron chi connectivity index (χ2n) is 8.32. The van der Waals surface area contributed by atoms with Crippen LogP contribution in [0, 0.1) is 3.57 Å². The molecule has 0 bridgehead atoms. The summed E-state index contributed by atoms with van der Waals surface area (Å²) in [6, 6.07) is 13.5. The van der Waals surface area contributed by atoms with Crippen LogP contribution in [0.1, 0.15) is 38.2 Å². The number of ether oxygens (including phenoxy) is 2. The second kappa shape index (κ2) is 13.0. The van der Waals surface area contributed by atoms with Crippen molar-refractivity contribution in [2.24, 2.45) is 0 Å². The minimum atomic E-state index is -0.807. The highest BCUT2D eigenvalue weighted by atomic mass is 127. The highest BCUT2D eigenvalue weighted by Gasteiger charge is 2.28. The molecule has 34 heavy (non-hydrogen) atoms. The standard InChI is InChI=1S/C27H32BIO5/c1-4-8-20(15-21-16-24(29)27(30)26(17-21)32-3)11-12-25-23(13-14-28(31)34-25)19(2)18-33-22-9-6-5-7-10-22/h5-7,9-10,13,15-17,25,30-31H,2,4,8,11-12,14,18H2,1,3H3/b20-15+. The number of para-hydroxylation sites is 1. The Morgan fingerprint density at radius 2 is 2.03 bits per heavy atom. The Morgan fingerprint density at radius 1 is 1.26 bits per heavy atom. The summed E-state index contributed by atoms with van der Waals surface area (Å²) in [6.07, 6.45) is 7.89. The molecule has 0 saturated heterocycles. The topological polar surface area (TPSA) is 68.2 Å². The van der Waals surface area contributed by atoms with Gasteiger partial charge in [0, 0.05) is 6.32 Å². The zero-order valence-corrected chi connectivity index (χ0v) is 22.0. The van der Waals surface area contributed by atoms with Crippen molar-refractivity contribution in [3.05, 3.63) is 81.0 Å². The van der Waals surface area contributed by atoms with Gasteiger partial charge in [-0.05, 0) is 82.8 Å². The zero-order valence-electron chi connectivity index (χ0n) is 19.8. The van der Waals surface area contributed by atoms with Crippen molar-refractivity contribution in [1.82, 2.24) is 0 Å². The normalized spacial score (nSPS) is 16.2. The molecule has 1 unspecified atom stereocenters. The van der Waals surface area contributed by atoms with Crippen molar-refractivity contribution in [3.63, 3.8) is 0 Å². The van der Waals surface area contributed by atoms with E-state index in [1.54, 1.807) is 7.11 Å². The molecule has 1 atom stereocenters. The van der Waals surface area contributed by atoms with E-state index in [0.717, 1.165) is 51.7 Å². The molecule has 0 spiro atoms. The average molecular weight is 574 g/mol. The predicted molar refractivity (Wildman–Crippen MR) is 146 cm³/mol. The Bertz CT molecular complexity index is 1030. The van der Waals surface area contributed by atoms with Crippen LogP contribution in [0.4, 0.5) is 0 Å². The van der Waals surface area contributed by atoms with Crippen LogP contribution in [0.3, 0.4) is 0 Å². The van der Waals surface area contributed by atoms with Gasteiger partial charge in [-0.25, -0.2) is 0 Å². The number of allylic oxidation sites excluding steroid dienone is 2. The Balaban J connectivity index is 1.71. The van der Waals surface area contributed by atoms with E-state index in [4.69, 9.17) is 14.1 Å². The Morgan fingerprint density at radius 3 is 2.74 bits per heavy atom. The number of phenolic OH excluding ortho intramolecular Hbond substituents is 1. The van der Waals surface area contributed by atoms with Crippen LogP contribution in [-0.2, 0) is 4.65 Å². The number of phenols is 1. The number of aromatic hydroxyl groups is 1. The summed E-state index contributed by atoms with van der Waals surface area (Å²) in [5.74, 6) is 1.42. The van der Waals surface area contributed by atoms with E-state index in [0.29, 0.717) is 18.7 Å². The summed E-state index contributed by atoms with van der Waals surface area (Å²) in [5, 5.41) is 20.3. The van der Waals surface area contributed by atoms with Crippen LogP contribution >= 0.6 is 22.6 Å². The lowest BCUT2D eigenvalue weighted by atomic mass is 9.78. The van der Waals surface area contributed by atoms with E-state index >= 15 is 0 Å². The third-order valence-corrected chi connectivity index (χ3v) is 6.53. The van der Waals surface area contributed by atoms with Gasteiger partial charge in [-0.15, -0.1) is 0 Å². The zero-order chi connectivity index (χ0) is 24.5. The largest absolute Gasteiger partial charge is 0.504 e. The first-order valence-corrected chi connectivity index (χ1v) is 12.6. The minimum absolute atomic E-state index is 0.160. The van der Waals surface area contributed by atoms with Crippen molar-refractivity contribution in [3.8, 4) is 17.2 Å². The fourth-order valence-electron chi connectivity index (χ4n) is 4.02. The molecule has 0 saturated carbocycles. The lowest BCUT2D eigenvalue weighted by Gasteiger charge is -2.28. The van der Waals surface area contributed by atoms with Gasteiger partial charge in [-0.1, -0.05) is 55.8 Å². The smallest absolute Gasteiger partial charge is 0.458 e. The monoisotopic (exact) mass is 574 g/mol. The van der Waals surface area contributed by atoms with Crippen LogP contribution in [0.25, 0.3) is 6.08 Å². The molecule has 2 aromatic rings. The predicted octanol–water partition coefficient (Wildman–Crippen LogP) is 6.41. The van der Waals surface area contributed by atoms with Crippen molar-refractivity contribution < 1.29 is 24.3 Å². The number of benzene rings is 2. The lowest BCUT2D eigenvalue weighted by molar-refractivity contribution is 0.181.